The van der Waals surface area contributed by atoms with Crippen molar-refractivity contribution in [2.24, 2.45) is 0 Å². The summed E-state index contributed by atoms with van der Waals surface area (Å²) in [4.78, 5) is 15.7. The number of carbonyl (C=O) groups is 1. The van der Waals surface area contributed by atoms with Gasteiger partial charge in [-0.05, 0) is 25.7 Å². The second-order valence-corrected chi connectivity index (χ2v) is 5.13. The fourth-order valence-corrected chi connectivity index (χ4v) is 2.58. The summed E-state index contributed by atoms with van der Waals surface area (Å²) in [6.07, 6.45) is 6.03. The summed E-state index contributed by atoms with van der Waals surface area (Å²) in [6, 6.07) is -0.201. The lowest BCUT2D eigenvalue weighted by Gasteiger charge is -2.34. The number of amides is 1. The molecule has 7 heteroatoms. The van der Waals surface area contributed by atoms with Gasteiger partial charge < -0.3 is 15.2 Å². The van der Waals surface area contributed by atoms with Crippen molar-refractivity contribution in [1.82, 2.24) is 20.1 Å². The molecular weight excluding hydrogens is 260 g/mol. The molecule has 0 radical (unpaired) electrons. The molecule has 1 fully saturated rings. The van der Waals surface area contributed by atoms with Crippen LogP contribution in [0.15, 0.2) is 12.7 Å². The Hall–Kier alpha value is -1.47. The molecule has 0 aliphatic heterocycles. The van der Waals surface area contributed by atoms with Crippen LogP contribution in [0.1, 0.15) is 32.1 Å². The van der Waals surface area contributed by atoms with Crippen LogP contribution in [0.25, 0.3) is 0 Å². The summed E-state index contributed by atoms with van der Waals surface area (Å²) >= 11 is 0. The predicted molar refractivity (Wildman–Crippen MR) is 71.8 cm³/mol. The second kappa shape index (κ2) is 7.35. The van der Waals surface area contributed by atoms with Gasteiger partial charge in [0.05, 0.1) is 12.1 Å². The molecule has 112 valence electrons. The van der Waals surface area contributed by atoms with Gasteiger partial charge in [-0.15, -0.1) is 0 Å². The molecule has 0 bridgehead atoms. The minimum absolute atomic E-state index is 0.0362. The lowest BCUT2D eigenvalue weighted by atomic mass is 9.90. The van der Waals surface area contributed by atoms with E-state index in [1.54, 1.807) is 18.1 Å². The molecule has 3 atom stereocenters. The average molecular weight is 282 g/mol. The Morgan fingerprint density at radius 1 is 1.55 bits per heavy atom. The molecule has 0 saturated heterocycles. The first-order valence-corrected chi connectivity index (χ1v) is 7.03. The summed E-state index contributed by atoms with van der Waals surface area (Å²) in [7, 11) is 1.59. The first-order chi connectivity index (χ1) is 9.70. The minimum atomic E-state index is -0.618. The number of ether oxygens (including phenoxy) is 1. The van der Waals surface area contributed by atoms with E-state index >= 15 is 0 Å². The van der Waals surface area contributed by atoms with E-state index in [1.165, 1.54) is 6.33 Å². The van der Waals surface area contributed by atoms with Crippen LogP contribution in [-0.2, 0) is 16.1 Å². The van der Waals surface area contributed by atoms with Gasteiger partial charge in [0, 0.05) is 20.1 Å². The summed E-state index contributed by atoms with van der Waals surface area (Å²) in [5.74, 6) is -0.0362. The average Bonchev–Trinajstić information content (AvgIpc) is 2.94. The molecule has 7 nitrogen and oxygen atoms in total. The van der Waals surface area contributed by atoms with Gasteiger partial charge in [-0.2, -0.15) is 5.10 Å². The highest BCUT2D eigenvalue weighted by Crippen LogP contribution is 2.21. The number of nitrogens with zero attached hydrogens (tertiary/aromatic N) is 3. The number of carbonyl (C=O) groups excluding carboxylic acids is 1. The standard InChI is InChI=1S/C13H22N4O3/c1-20-11-5-2-4-10(13(11)19)16-12(18)6-3-7-17-9-14-8-15-17/h8-11,13,19H,2-7H2,1H3,(H,16,18)/t10-,11-,13-/m1/s1. The van der Waals surface area contributed by atoms with E-state index in [9.17, 15) is 9.90 Å². The van der Waals surface area contributed by atoms with Gasteiger partial charge in [0.2, 0.25) is 5.91 Å². The van der Waals surface area contributed by atoms with E-state index in [2.05, 4.69) is 15.4 Å². The molecule has 1 aromatic rings. The number of rotatable bonds is 6. The number of nitrogens with one attached hydrogen (secondary N) is 1. The molecule has 1 aliphatic rings. The lowest BCUT2D eigenvalue weighted by Crippen LogP contribution is -2.51. The van der Waals surface area contributed by atoms with Crippen molar-refractivity contribution in [2.45, 2.75) is 56.9 Å². The number of aromatic nitrogens is 3. The zero-order valence-corrected chi connectivity index (χ0v) is 11.7. The molecule has 20 heavy (non-hydrogen) atoms. The normalized spacial score (nSPS) is 26.4. The number of hydrogen-bond donors (Lipinski definition) is 2. The van der Waals surface area contributed by atoms with E-state index in [0.717, 1.165) is 19.3 Å². The molecule has 1 aromatic heterocycles. The van der Waals surface area contributed by atoms with Crippen LogP contribution < -0.4 is 5.32 Å². The molecule has 1 amide bonds. The molecule has 1 aliphatic carbocycles. The minimum Gasteiger partial charge on any atom is -0.388 e. The fourth-order valence-electron chi connectivity index (χ4n) is 2.58. The first-order valence-electron chi connectivity index (χ1n) is 7.03. The maximum Gasteiger partial charge on any atom is 0.220 e. The number of hydrogen-bond acceptors (Lipinski definition) is 5. The Bertz CT molecular complexity index is 410. The number of aliphatic hydroxyl groups is 1. The maximum absolute atomic E-state index is 11.9. The number of aliphatic hydroxyl groups excluding tert-OH is 1. The molecule has 1 heterocycles. The van der Waals surface area contributed by atoms with Crippen LogP contribution in [0.2, 0.25) is 0 Å². The van der Waals surface area contributed by atoms with E-state index in [-0.39, 0.29) is 18.1 Å². The third kappa shape index (κ3) is 4.01. The van der Waals surface area contributed by atoms with Crippen molar-refractivity contribution in [3.63, 3.8) is 0 Å². The van der Waals surface area contributed by atoms with Gasteiger partial charge in [-0.1, -0.05) is 0 Å². The van der Waals surface area contributed by atoms with Crippen LogP contribution in [0, 0.1) is 0 Å². The molecular formula is C13H22N4O3. The third-order valence-corrected chi connectivity index (χ3v) is 3.70. The summed E-state index contributed by atoms with van der Waals surface area (Å²) in [5, 5.41) is 17.0. The van der Waals surface area contributed by atoms with Crippen LogP contribution in [0.3, 0.4) is 0 Å². The van der Waals surface area contributed by atoms with Crippen LogP contribution in [0.4, 0.5) is 0 Å². The SMILES string of the molecule is CO[C@@H]1CCC[C@@H](NC(=O)CCCn2cncn2)[C@H]1O. The highest BCUT2D eigenvalue weighted by molar-refractivity contribution is 5.76. The zero-order valence-electron chi connectivity index (χ0n) is 11.7. The van der Waals surface area contributed by atoms with Gasteiger partial charge in [-0.25, -0.2) is 4.98 Å². The van der Waals surface area contributed by atoms with Gasteiger partial charge in [-0.3, -0.25) is 9.48 Å². The van der Waals surface area contributed by atoms with Gasteiger partial charge in [0.25, 0.3) is 0 Å². The number of aryl methyl sites for hydroxylation is 1. The van der Waals surface area contributed by atoms with E-state index in [0.29, 0.717) is 19.4 Å². The highest BCUT2D eigenvalue weighted by Gasteiger charge is 2.32. The topological polar surface area (TPSA) is 89.3 Å². The second-order valence-electron chi connectivity index (χ2n) is 5.13. The van der Waals surface area contributed by atoms with Crippen LogP contribution >= 0.6 is 0 Å². The van der Waals surface area contributed by atoms with Crippen molar-refractivity contribution < 1.29 is 14.6 Å². The monoisotopic (exact) mass is 282 g/mol. The first kappa shape index (κ1) is 14.9. The predicted octanol–water partition coefficient (Wildman–Crippen LogP) is 0.103. The number of methoxy groups -OCH3 is 1. The summed E-state index contributed by atoms with van der Waals surface area (Å²) < 4.78 is 6.92. The molecule has 0 unspecified atom stereocenters. The van der Waals surface area contributed by atoms with Gasteiger partial charge in [0.15, 0.2) is 0 Å². The van der Waals surface area contributed by atoms with Crippen molar-refractivity contribution >= 4 is 5.91 Å². The largest absolute Gasteiger partial charge is 0.388 e. The summed E-state index contributed by atoms with van der Waals surface area (Å²) in [5.41, 5.74) is 0. The maximum atomic E-state index is 11.9. The Kier molecular flexibility index (Phi) is 5.49. The lowest BCUT2D eigenvalue weighted by molar-refractivity contribution is -0.125. The zero-order chi connectivity index (χ0) is 14.4. The molecule has 2 N–H and O–H groups in total. The van der Waals surface area contributed by atoms with E-state index < -0.39 is 6.10 Å². The third-order valence-electron chi connectivity index (χ3n) is 3.70. The van der Waals surface area contributed by atoms with Crippen molar-refractivity contribution in [1.29, 1.82) is 0 Å². The van der Waals surface area contributed by atoms with Crippen molar-refractivity contribution in [3.8, 4) is 0 Å². The molecule has 0 spiro atoms. The Morgan fingerprint density at radius 2 is 2.40 bits per heavy atom. The van der Waals surface area contributed by atoms with Crippen LogP contribution in [0.5, 0.6) is 0 Å². The van der Waals surface area contributed by atoms with Crippen LogP contribution in [-0.4, -0.2) is 51.1 Å². The Balaban J connectivity index is 1.70. The Labute approximate surface area is 118 Å². The molecule has 1 saturated carbocycles. The van der Waals surface area contributed by atoms with Gasteiger partial charge >= 0.3 is 0 Å². The summed E-state index contributed by atoms with van der Waals surface area (Å²) in [6.45, 7) is 0.668. The quantitative estimate of drug-likeness (QED) is 0.772. The highest BCUT2D eigenvalue weighted by atomic mass is 16.5. The van der Waals surface area contributed by atoms with Crippen molar-refractivity contribution in [3.05, 3.63) is 12.7 Å². The smallest absolute Gasteiger partial charge is 0.220 e. The molecule has 0 aromatic carbocycles. The molecule has 2 rings (SSSR count). The van der Waals surface area contributed by atoms with E-state index in [4.69, 9.17) is 4.74 Å². The van der Waals surface area contributed by atoms with Crippen molar-refractivity contribution in [2.75, 3.05) is 7.11 Å². The van der Waals surface area contributed by atoms with Gasteiger partial charge in [0.1, 0.15) is 18.8 Å². The van der Waals surface area contributed by atoms with E-state index in [1.807, 2.05) is 0 Å². The fraction of sp³-hybridized carbons (Fsp3) is 0.769. The Morgan fingerprint density at radius 3 is 3.10 bits per heavy atom.